The van der Waals surface area contributed by atoms with E-state index in [4.69, 9.17) is 4.74 Å². The van der Waals surface area contributed by atoms with Gasteiger partial charge in [0.1, 0.15) is 6.04 Å². The Labute approximate surface area is 148 Å². The van der Waals surface area contributed by atoms with Crippen LogP contribution in [0.2, 0.25) is 0 Å². The minimum absolute atomic E-state index is 0.156. The summed E-state index contributed by atoms with van der Waals surface area (Å²) in [5.41, 5.74) is 0.389. The number of benzene rings is 1. The van der Waals surface area contributed by atoms with E-state index >= 15 is 0 Å². The summed E-state index contributed by atoms with van der Waals surface area (Å²) in [6.07, 6.45) is 3.52. The Morgan fingerprint density at radius 3 is 2.40 bits per heavy atom. The van der Waals surface area contributed by atoms with Gasteiger partial charge in [-0.2, -0.15) is 0 Å². The maximum absolute atomic E-state index is 13.1. The van der Waals surface area contributed by atoms with E-state index in [1.165, 1.54) is 0 Å². The molecule has 3 rings (SSSR count). The minimum Gasteiger partial charge on any atom is -0.394 e. The Hall–Kier alpha value is -1.92. The zero-order valence-electron chi connectivity index (χ0n) is 14.4. The number of hydrogen-bond acceptors (Lipinski definition) is 4. The number of ether oxygens (including phenoxy) is 1. The van der Waals surface area contributed by atoms with Crippen LogP contribution in [0.3, 0.4) is 0 Å². The number of carbonyl (C=O) groups excluding carboxylic acids is 2. The number of rotatable bonds is 5. The molecule has 2 fully saturated rings. The van der Waals surface area contributed by atoms with Crippen LogP contribution in [0.4, 0.5) is 0 Å². The van der Waals surface area contributed by atoms with Crippen LogP contribution in [0.5, 0.6) is 0 Å². The van der Waals surface area contributed by atoms with Crippen LogP contribution in [0.15, 0.2) is 30.3 Å². The Bertz CT molecular complexity index is 593. The van der Waals surface area contributed by atoms with Crippen molar-refractivity contribution >= 4 is 11.8 Å². The number of aliphatic hydroxyl groups is 1. The van der Waals surface area contributed by atoms with Crippen molar-refractivity contribution in [2.45, 2.75) is 37.1 Å². The molecule has 0 radical (unpaired) electrons. The van der Waals surface area contributed by atoms with Gasteiger partial charge >= 0.3 is 0 Å². The molecule has 0 unspecified atom stereocenters. The number of nitrogens with one attached hydrogen (secondary N) is 1. The topological polar surface area (TPSA) is 78.9 Å². The summed E-state index contributed by atoms with van der Waals surface area (Å²) in [6.45, 7) is 1.58. The Morgan fingerprint density at radius 1 is 1.16 bits per heavy atom. The van der Waals surface area contributed by atoms with Gasteiger partial charge < -0.3 is 20.1 Å². The van der Waals surface area contributed by atoms with Gasteiger partial charge in [0.05, 0.1) is 25.2 Å². The highest BCUT2D eigenvalue weighted by molar-refractivity contribution is 5.93. The molecular weight excluding hydrogens is 320 g/mol. The summed E-state index contributed by atoms with van der Waals surface area (Å²) < 4.78 is 5.26. The van der Waals surface area contributed by atoms with Crippen molar-refractivity contribution in [1.82, 2.24) is 10.2 Å². The molecule has 2 amide bonds. The molecule has 136 valence electrons. The van der Waals surface area contributed by atoms with Gasteiger partial charge in [-0.15, -0.1) is 0 Å². The molecule has 1 aliphatic carbocycles. The highest BCUT2D eigenvalue weighted by Gasteiger charge is 2.44. The van der Waals surface area contributed by atoms with E-state index < -0.39 is 18.1 Å². The molecular formula is C19H26N2O4. The molecule has 1 aliphatic heterocycles. The van der Waals surface area contributed by atoms with E-state index in [1.54, 1.807) is 4.90 Å². The molecule has 1 aromatic rings. The zero-order valence-corrected chi connectivity index (χ0v) is 14.4. The third kappa shape index (κ3) is 3.70. The highest BCUT2D eigenvalue weighted by Crippen LogP contribution is 2.41. The third-order valence-corrected chi connectivity index (χ3v) is 5.33. The predicted octanol–water partition coefficient (Wildman–Crippen LogP) is 0.834. The van der Waals surface area contributed by atoms with Gasteiger partial charge in [0.15, 0.2) is 0 Å². The van der Waals surface area contributed by atoms with Crippen LogP contribution < -0.4 is 5.32 Å². The lowest BCUT2D eigenvalue weighted by Crippen LogP contribution is -2.56. The van der Waals surface area contributed by atoms with Crippen LogP contribution >= 0.6 is 0 Å². The van der Waals surface area contributed by atoms with Crippen molar-refractivity contribution in [3.63, 3.8) is 0 Å². The summed E-state index contributed by atoms with van der Waals surface area (Å²) in [6, 6.07) is 8.86. The lowest BCUT2D eigenvalue weighted by Gasteiger charge is -2.33. The van der Waals surface area contributed by atoms with Gasteiger partial charge in [-0.25, -0.2) is 0 Å². The maximum Gasteiger partial charge on any atom is 0.247 e. The minimum atomic E-state index is -0.896. The smallest absolute Gasteiger partial charge is 0.247 e. The van der Waals surface area contributed by atoms with Crippen LogP contribution in [0.25, 0.3) is 0 Å². The van der Waals surface area contributed by atoms with Gasteiger partial charge in [-0.1, -0.05) is 43.2 Å². The fourth-order valence-electron chi connectivity index (χ4n) is 3.87. The quantitative estimate of drug-likeness (QED) is 0.828. The second-order valence-corrected chi connectivity index (χ2v) is 6.80. The van der Waals surface area contributed by atoms with E-state index in [-0.39, 0.29) is 11.8 Å². The number of morpholine rings is 1. The molecule has 0 aromatic heterocycles. The van der Waals surface area contributed by atoms with Crippen molar-refractivity contribution in [3.8, 4) is 0 Å². The number of carbonyl (C=O) groups is 2. The first-order valence-corrected chi connectivity index (χ1v) is 9.01. The highest BCUT2D eigenvalue weighted by atomic mass is 16.5. The SMILES string of the molecule is O=C([C@H](CO)NC(=O)C1(c2ccccc2)CCCC1)N1CCOCC1. The summed E-state index contributed by atoms with van der Waals surface area (Å²) in [5, 5.41) is 12.5. The number of hydrogen-bond donors (Lipinski definition) is 2. The Kier molecular flexibility index (Phi) is 5.71. The second-order valence-electron chi connectivity index (χ2n) is 6.80. The van der Waals surface area contributed by atoms with Crippen LogP contribution in [0.1, 0.15) is 31.2 Å². The number of amides is 2. The monoisotopic (exact) mass is 346 g/mol. The standard InChI is InChI=1S/C19H26N2O4/c22-14-16(17(23)21-10-12-25-13-11-21)20-18(24)19(8-4-5-9-19)15-6-2-1-3-7-15/h1-3,6-7,16,22H,4-5,8-14H2,(H,20,24)/t16-/m0/s1. The van der Waals surface area contributed by atoms with Crippen molar-refractivity contribution in [1.29, 1.82) is 0 Å². The first-order valence-electron chi connectivity index (χ1n) is 9.01. The first-order chi connectivity index (χ1) is 12.2. The molecule has 25 heavy (non-hydrogen) atoms. The second kappa shape index (κ2) is 7.97. The van der Waals surface area contributed by atoms with Gasteiger partial charge in [-0.05, 0) is 18.4 Å². The lowest BCUT2D eigenvalue weighted by atomic mass is 9.78. The fraction of sp³-hybridized carbons (Fsp3) is 0.579. The molecule has 1 atom stereocenters. The van der Waals surface area contributed by atoms with Gasteiger partial charge in [-0.3, -0.25) is 9.59 Å². The molecule has 2 N–H and O–H groups in total. The van der Waals surface area contributed by atoms with Gasteiger partial charge in [0, 0.05) is 13.1 Å². The summed E-state index contributed by atoms with van der Waals surface area (Å²) >= 11 is 0. The van der Waals surface area contributed by atoms with Crippen molar-refractivity contribution < 1.29 is 19.4 Å². The molecule has 1 aromatic carbocycles. The molecule has 1 heterocycles. The molecule has 1 saturated heterocycles. The number of aliphatic hydroxyl groups excluding tert-OH is 1. The first kappa shape index (κ1) is 17.9. The predicted molar refractivity (Wildman–Crippen MR) is 93.0 cm³/mol. The van der Waals surface area contributed by atoms with E-state index in [0.717, 1.165) is 31.2 Å². The Balaban J connectivity index is 1.75. The molecule has 6 heteroatoms. The van der Waals surface area contributed by atoms with Crippen LogP contribution in [-0.2, 0) is 19.7 Å². The fourth-order valence-corrected chi connectivity index (χ4v) is 3.87. The van der Waals surface area contributed by atoms with Gasteiger partial charge in [0.25, 0.3) is 0 Å². The van der Waals surface area contributed by atoms with E-state index in [2.05, 4.69) is 5.32 Å². The average molecular weight is 346 g/mol. The van der Waals surface area contributed by atoms with E-state index in [0.29, 0.717) is 26.3 Å². The van der Waals surface area contributed by atoms with E-state index in [1.807, 2.05) is 30.3 Å². The molecule has 1 saturated carbocycles. The molecule has 6 nitrogen and oxygen atoms in total. The van der Waals surface area contributed by atoms with Crippen LogP contribution in [0, 0.1) is 0 Å². The summed E-state index contributed by atoms with van der Waals surface area (Å²) in [7, 11) is 0. The molecule has 0 bridgehead atoms. The zero-order chi connectivity index (χ0) is 17.7. The van der Waals surface area contributed by atoms with Crippen LogP contribution in [-0.4, -0.2) is 60.8 Å². The summed E-state index contributed by atoms with van der Waals surface area (Å²) in [4.78, 5) is 27.4. The maximum atomic E-state index is 13.1. The number of nitrogens with zero attached hydrogens (tertiary/aromatic N) is 1. The van der Waals surface area contributed by atoms with Crippen molar-refractivity contribution in [2.75, 3.05) is 32.9 Å². The third-order valence-electron chi connectivity index (χ3n) is 5.33. The largest absolute Gasteiger partial charge is 0.394 e. The summed E-state index contributed by atoms with van der Waals surface area (Å²) in [5.74, 6) is -0.391. The average Bonchev–Trinajstić information content (AvgIpc) is 3.18. The van der Waals surface area contributed by atoms with Crippen molar-refractivity contribution in [3.05, 3.63) is 35.9 Å². The molecule has 0 spiro atoms. The Morgan fingerprint density at radius 2 is 1.80 bits per heavy atom. The van der Waals surface area contributed by atoms with E-state index in [9.17, 15) is 14.7 Å². The normalized spacial score (nSPS) is 20.9. The molecule has 2 aliphatic rings. The van der Waals surface area contributed by atoms with Crippen molar-refractivity contribution in [2.24, 2.45) is 0 Å². The lowest BCUT2D eigenvalue weighted by molar-refractivity contribution is -0.142. The van der Waals surface area contributed by atoms with Gasteiger partial charge in [0.2, 0.25) is 11.8 Å².